The van der Waals surface area contributed by atoms with Crippen LogP contribution in [0, 0.1) is 17.5 Å². The van der Waals surface area contributed by atoms with E-state index in [0.717, 1.165) is 54.2 Å². The van der Waals surface area contributed by atoms with Gasteiger partial charge in [-0.15, -0.1) is 0 Å². The van der Waals surface area contributed by atoms with Crippen molar-refractivity contribution in [2.24, 2.45) is 0 Å². The number of ether oxygens (including phenoxy) is 2. The molecule has 2 aliphatic heterocycles. The highest BCUT2D eigenvalue weighted by Gasteiger charge is 2.32. The molecule has 1 unspecified atom stereocenters. The molecule has 1 saturated heterocycles. The summed E-state index contributed by atoms with van der Waals surface area (Å²) in [4.78, 5) is 13.4. The third-order valence-corrected chi connectivity index (χ3v) is 5.35. The van der Waals surface area contributed by atoms with Crippen molar-refractivity contribution < 1.29 is 32.3 Å². The van der Waals surface area contributed by atoms with Crippen LogP contribution in [0.5, 0.6) is 11.5 Å². The number of anilines is 1. The highest BCUT2D eigenvalue weighted by molar-refractivity contribution is 5.91. The van der Waals surface area contributed by atoms with Crippen LogP contribution in [0.1, 0.15) is 30.9 Å². The summed E-state index contributed by atoms with van der Waals surface area (Å²) in [6, 6.07) is 7.74. The van der Waals surface area contributed by atoms with Crippen molar-refractivity contribution in [1.82, 2.24) is 0 Å². The zero-order valence-electron chi connectivity index (χ0n) is 15.8. The largest absolute Gasteiger partial charge is 0.490 e. The molecule has 0 bridgehead atoms. The Morgan fingerprint density at radius 1 is 1.03 bits per heavy atom. The van der Waals surface area contributed by atoms with E-state index in [1.807, 2.05) is 18.2 Å². The number of hydrogen-bond acceptors (Lipinski definition) is 3. The Balaban J connectivity index is 1.46. The first-order valence-electron chi connectivity index (χ1n) is 9.70. The molecule has 0 spiro atoms. The number of carbonyl (C=O) groups is 1. The van der Waals surface area contributed by atoms with Crippen LogP contribution in [0.2, 0.25) is 0 Å². The highest BCUT2D eigenvalue weighted by Crippen LogP contribution is 2.33. The monoisotopic (exact) mass is 407 g/mol. The van der Waals surface area contributed by atoms with Crippen LogP contribution in [0.3, 0.4) is 0 Å². The van der Waals surface area contributed by atoms with E-state index in [1.165, 1.54) is 0 Å². The molecule has 5 nitrogen and oxygen atoms in total. The number of amides is 1. The zero-order valence-corrected chi connectivity index (χ0v) is 15.8. The first-order valence-corrected chi connectivity index (χ1v) is 9.70. The molecule has 0 aromatic heterocycles. The topological polar surface area (TPSA) is 52.0 Å². The van der Waals surface area contributed by atoms with Crippen molar-refractivity contribution in [3.8, 4) is 11.5 Å². The second-order valence-corrected chi connectivity index (χ2v) is 7.31. The van der Waals surface area contributed by atoms with Gasteiger partial charge in [-0.25, -0.2) is 13.2 Å². The molecule has 1 fully saturated rings. The summed E-state index contributed by atoms with van der Waals surface area (Å²) in [5.41, 5.74) is 0.688. The maximum absolute atomic E-state index is 13.8. The Labute approximate surface area is 166 Å². The number of hydrogen-bond donors (Lipinski definition) is 2. The molecule has 2 aromatic carbocycles. The quantitative estimate of drug-likeness (QED) is 0.767. The van der Waals surface area contributed by atoms with Gasteiger partial charge in [0.1, 0.15) is 6.04 Å². The van der Waals surface area contributed by atoms with Gasteiger partial charge in [-0.05, 0) is 30.3 Å². The highest BCUT2D eigenvalue weighted by atomic mass is 19.2. The van der Waals surface area contributed by atoms with E-state index in [1.54, 1.807) is 0 Å². The molecule has 154 valence electrons. The molecule has 29 heavy (non-hydrogen) atoms. The van der Waals surface area contributed by atoms with Crippen molar-refractivity contribution in [2.75, 3.05) is 31.6 Å². The third-order valence-electron chi connectivity index (χ3n) is 5.35. The fourth-order valence-corrected chi connectivity index (χ4v) is 3.95. The average molecular weight is 407 g/mol. The number of halogens is 3. The van der Waals surface area contributed by atoms with E-state index < -0.39 is 23.4 Å². The molecule has 8 heteroatoms. The molecule has 4 rings (SSSR count). The number of likely N-dealkylation sites (tertiary alicyclic amines) is 1. The predicted octanol–water partition coefficient (Wildman–Crippen LogP) is 2.62. The molecular weight excluding hydrogens is 385 g/mol. The molecule has 0 aliphatic carbocycles. The molecule has 2 aromatic rings. The van der Waals surface area contributed by atoms with Gasteiger partial charge in [0.2, 0.25) is 0 Å². The lowest BCUT2D eigenvalue weighted by atomic mass is 10.0. The van der Waals surface area contributed by atoms with E-state index in [2.05, 4.69) is 5.32 Å². The second kappa shape index (κ2) is 8.32. The summed E-state index contributed by atoms with van der Waals surface area (Å²) in [6.45, 7) is 2.10. The van der Waals surface area contributed by atoms with Gasteiger partial charge in [0.05, 0.1) is 25.4 Å². The third kappa shape index (κ3) is 4.17. The van der Waals surface area contributed by atoms with Crippen molar-refractivity contribution >= 4 is 11.6 Å². The molecule has 0 radical (unpaired) electrons. The lowest BCUT2D eigenvalue weighted by molar-refractivity contribution is -0.910. The van der Waals surface area contributed by atoms with Crippen LogP contribution < -0.4 is 19.7 Å². The number of fused-ring (bicyclic) bond motifs is 1. The van der Waals surface area contributed by atoms with Crippen molar-refractivity contribution in [2.45, 2.75) is 25.3 Å². The van der Waals surface area contributed by atoms with Gasteiger partial charge in [0, 0.05) is 24.8 Å². The first-order chi connectivity index (χ1) is 14.0. The number of quaternary nitrogens is 1. The van der Waals surface area contributed by atoms with Gasteiger partial charge in [-0.3, -0.25) is 4.79 Å². The fraction of sp³-hybridized carbons (Fsp3) is 0.381. The number of benzene rings is 2. The van der Waals surface area contributed by atoms with Crippen LogP contribution in [0.25, 0.3) is 0 Å². The van der Waals surface area contributed by atoms with E-state index in [-0.39, 0.29) is 18.3 Å². The lowest BCUT2D eigenvalue weighted by Gasteiger charge is -2.22. The van der Waals surface area contributed by atoms with Gasteiger partial charge in [0.25, 0.3) is 5.91 Å². The summed E-state index contributed by atoms with van der Waals surface area (Å²) in [5.74, 6) is -3.31. The van der Waals surface area contributed by atoms with Gasteiger partial charge in [-0.1, -0.05) is 0 Å². The summed E-state index contributed by atoms with van der Waals surface area (Å²) >= 11 is 0. The predicted molar refractivity (Wildman–Crippen MR) is 99.7 cm³/mol. The Kier molecular flexibility index (Phi) is 5.62. The minimum absolute atomic E-state index is 0.0905. The summed E-state index contributed by atoms with van der Waals surface area (Å²) < 4.78 is 51.7. The van der Waals surface area contributed by atoms with Crippen molar-refractivity contribution in [1.29, 1.82) is 0 Å². The second-order valence-electron chi connectivity index (χ2n) is 7.31. The molecule has 2 N–H and O–H groups in total. The Hall–Kier alpha value is -2.74. The summed E-state index contributed by atoms with van der Waals surface area (Å²) in [6.07, 6.45) is 2.68. The summed E-state index contributed by atoms with van der Waals surface area (Å²) in [5, 5.41) is 2.35. The summed E-state index contributed by atoms with van der Waals surface area (Å²) in [7, 11) is 0. The van der Waals surface area contributed by atoms with Crippen molar-refractivity contribution in [3.05, 3.63) is 53.3 Å². The fourth-order valence-electron chi connectivity index (χ4n) is 3.95. The van der Waals surface area contributed by atoms with Crippen LogP contribution in [-0.2, 0) is 4.79 Å². The average Bonchev–Trinajstić information content (AvgIpc) is 3.03. The Morgan fingerprint density at radius 2 is 1.83 bits per heavy atom. The van der Waals surface area contributed by atoms with Gasteiger partial charge in [-0.2, -0.15) is 0 Å². The van der Waals surface area contributed by atoms with E-state index in [9.17, 15) is 18.0 Å². The maximum atomic E-state index is 13.8. The zero-order chi connectivity index (χ0) is 20.4. The minimum atomic E-state index is -1.60. The molecular formula is C21H22F3N2O3+. The SMILES string of the molecule is O=C(C[NH+]1CCC[C@@H]1c1ccc2c(c1)OCCCO2)Nc1ccc(F)c(F)c1F. The van der Waals surface area contributed by atoms with E-state index in [0.29, 0.717) is 19.0 Å². The van der Waals surface area contributed by atoms with Crippen molar-refractivity contribution in [3.63, 3.8) is 0 Å². The first kappa shape index (κ1) is 19.6. The Morgan fingerprint density at radius 3 is 2.66 bits per heavy atom. The van der Waals surface area contributed by atoms with Gasteiger partial charge in [0.15, 0.2) is 35.5 Å². The van der Waals surface area contributed by atoms with Crippen LogP contribution in [-0.4, -0.2) is 32.2 Å². The lowest BCUT2D eigenvalue weighted by Crippen LogP contribution is -3.11. The smallest absolute Gasteiger partial charge is 0.279 e. The number of carbonyl (C=O) groups excluding carboxylic acids is 1. The molecule has 1 amide bonds. The molecule has 2 atom stereocenters. The minimum Gasteiger partial charge on any atom is -0.490 e. The van der Waals surface area contributed by atoms with Crippen LogP contribution in [0.4, 0.5) is 18.9 Å². The van der Waals surface area contributed by atoms with Crippen LogP contribution >= 0.6 is 0 Å². The molecule has 0 saturated carbocycles. The molecule has 2 heterocycles. The van der Waals surface area contributed by atoms with Crippen LogP contribution in [0.15, 0.2) is 30.3 Å². The van der Waals surface area contributed by atoms with Gasteiger partial charge < -0.3 is 19.7 Å². The van der Waals surface area contributed by atoms with E-state index in [4.69, 9.17) is 9.47 Å². The Bertz CT molecular complexity index is 922. The standard InChI is InChI=1S/C21H21F3N2O3/c22-14-5-6-15(21(24)20(14)23)25-19(27)12-26-8-1-3-16(26)13-4-7-17-18(11-13)29-10-2-9-28-17/h4-7,11,16H,1-3,8-10,12H2,(H,25,27)/p+1/t16-/m1/s1. The number of rotatable bonds is 4. The normalized spacial score (nSPS) is 20.9. The van der Waals surface area contributed by atoms with E-state index >= 15 is 0 Å². The maximum Gasteiger partial charge on any atom is 0.279 e. The molecule has 2 aliphatic rings. The number of nitrogens with one attached hydrogen (secondary N) is 2. The van der Waals surface area contributed by atoms with Gasteiger partial charge >= 0.3 is 0 Å².